The molecule has 18 heavy (non-hydrogen) atoms. The molecule has 94 valence electrons. The van der Waals surface area contributed by atoms with Gasteiger partial charge in [0, 0.05) is 33.7 Å². The van der Waals surface area contributed by atoms with Gasteiger partial charge in [-0.05, 0) is 52.2 Å². The molecule has 0 fully saturated rings. The number of halogens is 1. The van der Waals surface area contributed by atoms with Crippen LogP contribution in [0.4, 0.5) is 0 Å². The van der Waals surface area contributed by atoms with Crippen LogP contribution in [0.15, 0.2) is 28.3 Å². The Labute approximate surface area is 119 Å². The molecule has 2 aromatic rings. The number of aromatic nitrogens is 1. The first-order valence-electron chi connectivity index (χ1n) is 6.18. The number of fused-ring (bicyclic) bond motifs is 1. The average molecular weight is 324 g/mol. The summed E-state index contributed by atoms with van der Waals surface area (Å²) in [5, 5.41) is 2.08. The van der Waals surface area contributed by atoms with E-state index in [4.69, 9.17) is 0 Å². The van der Waals surface area contributed by atoms with Crippen LogP contribution in [0.2, 0.25) is 0 Å². The van der Waals surface area contributed by atoms with E-state index in [-0.39, 0.29) is 0 Å². The number of carbonyl (C=O) groups excluding carboxylic acids is 1. The number of thiophene rings is 1. The first kappa shape index (κ1) is 12.2. The third-order valence-electron chi connectivity index (χ3n) is 3.38. The van der Waals surface area contributed by atoms with E-state index in [0.717, 1.165) is 35.8 Å². The fraction of sp³-hybridized carbons (Fsp3) is 0.357. The predicted octanol–water partition coefficient (Wildman–Crippen LogP) is 4.27. The molecule has 4 heteroatoms. The molecule has 0 aliphatic heterocycles. The van der Waals surface area contributed by atoms with Crippen molar-refractivity contribution in [1.29, 1.82) is 0 Å². The molecule has 0 unspecified atom stereocenters. The van der Waals surface area contributed by atoms with Crippen molar-refractivity contribution in [2.75, 3.05) is 0 Å². The van der Waals surface area contributed by atoms with Crippen LogP contribution >= 0.6 is 27.3 Å². The van der Waals surface area contributed by atoms with Gasteiger partial charge < -0.3 is 4.57 Å². The molecule has 1 aliphatic rings. The Hall–Kier alpha value is -0.870. The lowest BCUT2D eigenvalue weighted by Gasteiger charge is -2.01. The number of Topliss-reactive ketones (excluding diaryl/α,β-unsaturated/α-hetero) is 1. The third-order valence-corrected chi connectivity index (χ3v) is 5.29. The van der Waals surface area contributed by atoms with Crippen LogP contribution in [-0.2, 0) is 13.0 Å². The summed E-state index contributed by atoms with van der Waals surface area (Å²) in [6, 6.07) is 2.07. The zero-order valence-electron chi connectivity index (χ0n) is 9.99. The number of hydrogen-bond acceptors (Lipinski definition) is 2. The van der Waals surface area contributed by atoms with Gasteiger partial charge in [-0.15, -0.1) is 11.3 Å². The molecule has 0 N–H and O–H groups in total. The largest absolute Gasteiger partial charge is 0.348 e. The molecular formula is C14H14BrNOS. The van der Waals surface area contributed by atoms with Crippen LogP contribution in [-0.4, -0.2) is 10.4 Å². The molecule has 0 atom stereocenters. The number of aryl methyl sites for hydroxylation is 1. The van der Waals surface area contributed by atoms with Gasteiger partial charge in [-0.3, -0.25) is 4.79 Å². The highest BCUT2D eigenvalue weighted by Gasteiger charge is 2.17. The maximum atomic E-state index is 12.0. The summed E-state index contributed by atoms with van der Waals surface area (Å²) in [5.74, 6) is 0.312. The van der Waals surface area contributed by atoms with Gasteiger partial charge in [0.1, 0.15) is 0 Å². The highest BCUT2D eigenvalue weighted by atomic mass is 79.9. The monoisotopic (exact) mass is 323 g/mol. The molecule has 0 saturated carbocycles. The van der Waals surface area contributed by atoms with Crippen molar-refractivity contribution >= 4 is 33.0 Å². The number of carbonyl (C=O) groups is 1. The maximum Gasteiger partial charge on any atom is 0.164 e. The topological polar surface area (TPSA) is 22.0 Å². The zero-order valence-corrected chi connectivity index (χ0v) is 12.4. The van der Waals surface area contributed by atoms with E-state index >= 15 is 0 Å². The third kappa shape index (κ3) is 2.31. The number of ketones is 1. The standard InChI is InChI=1S/C14H14BrNOS/c15-12-5-6-18-14(12)9-16-7-10-3-1-2-4-13(17)11(10)8-16/h5-8H,1-4,9H2. The Balaban J connectivity index is 1.89. The molecular weight excluding hydrogens is 310 g/mol. The van der Waals surface area contributed by atoms with Crippen LogP contribution in [0.1, 0.15) is 40.1 Å². The predicted molar refractivity (Wildman–Crippen MR) is 77.4 cm³/mol. The second-order valence-electron chi connectivity index (χ2n) is 4.69. The summed E-state index contributed by atoms with van der Waals surface area (Å²) < 4.78 is 3.30. The van der Waals surface area contributed by atoms with E-state index in [1.54, 1.807) is 11.3 Å². The maximum absolute atomic E-state index is 12.0. The lowest BCUT2D eigenvalue weighted by molar-refractivity contribution is 0.0982. The second kappa shape index (κ2) is 5.02. The molecule has 0 bridgehead atoms. The summed E-state index contributed by atoms with van der Waals surface area (Å²) >= 11 is 5.29. The van der Waals surface area contributed by atoms with Gasteiger partial charge in [-0.25, -0.2) is 0 Å². The molecule has 0 saturated heterocycles. The van der Waals surface area contributed by atoms with E-state index in [1.807, 2.05) is 6.20 Å². The van der Waals surface area contributed by atoms with E-state index in [9.17, 15) is 4.79 Å². The van der Waals surface area contributed by atoms with Gasteiger partial charge >= 0.3 is 0 Å². The first-order valence-corrected chi connectivity index (χ1v) is 7.85. The molecule has 2 aromatic heterocycles. The molecule has 0 amide bonds. The van der Waals surface area contributed by atoms with Crippen molar-refractivity contribution in [2.24, 2.45) is 0 Å². The SMILES string of the molecule is O=C1CCCCc2cn(Cc3sccc3Br)cc21. The minimum atomic E-state index is 0.312. The molecule has 2 heterocycles. The Morgan fingerprint density at radius 1 is 1.28 bits per heavy atom. The van der Waals surface area contributed by atoms with E-state index < -0.39 is 0 Å². The number of hydrogen-bond donors (Lipinski definition) is 0. The fourth-order valence-electron chi connectivity index (χ4n) is 2.44. The van der Waals surface area contributed by atoms with Gasteiger partial charge in [-0.2, -0.15) is 0 Å². The van der Waals surface area contributed by atoms with Gasteiger partial charge in [0.05, 0.1) is 6.54 Å². The molecule has 0 aromatic carbocycles. The lowest BCUT2D eigenvalue weighted by Crippen LogP contribution is -1.98. The molecule has 3 rings (SSSR count). The van der Waals surface area contributed by atoms with E-state index in [0.29, 0.717) is 12.2 Å². The van der Waals surface area contributed by atoms with Crippen molar-refractivity contribution < 1.29 is 4.79 Å². The Morgan fingerprint density at radius 2 is 2.11 bits per heavy atom. The molecule has 0 radical (unpaired) electrons. The van der Waals surface area contributed by atoms with Crippen LogP contribution < -0.4 is 0 Å². The summed E-state index contributed by atoms with van der Waals surface area (Å²) in [5.41, 5.74) is 2.17. The van der Waals surface area contributed by atoms with Crippen LogP contribution in [0.3, 0.4) is 0 Å². The van der Waals surface area contributed by atoms with E-state index in [1.165, 1.54) is 10.4 Å². The van der Waals surface area contributed by atoms with Gasteiger partial charge in [0.2, 0.25) is 0 Å². The number of rotatable bonds is 2. The minimum absolute atomic E-state index is 0.312. The van der Waals surface area contributed by atoms with Crippen molar-refractivity contribution in [3.8, 4) is 0 Å². The first-order chi connectivity index (χ1) is 8.74. The van der Waals surface area contributed by atoms with Gasteiger partial charge in [-0.1, -0.05) is 0 Å². The smallest absolute Gasteiger partial charge is 0.164 e. The Morgan fingerprint density at radius 3 is 2.89 bits per heavy atom. The van der Waals surface area contributed by atoms with Crippen LogP contribution in [0.5, 0.6) is 0 Å². The fourth-order valence-corrected chi connectivity index (χ4v) is 3.92. The average Bonchev–Trinajstić information content (AvgIpc) is 2.89. The minimum Gasteiger partial charge on any atom is -0.348 e. The summed E-state index contributed by atoms with van der Waals surface area (Å²) in [6.45, 7) is 0.846. The highest BCUT2D eigenvalue weighted by molar-refractivity contribution is 9.10. The van der Waals surface area contributed by atoms with Crippen LogP contribution in [0.25, 0.3) is 0 Å². The Kier molecular flexibility index (Phi) is 3.39. The Bertz CT molecular complexity index is 584. The highest BCUT2D eigenvalue weighted by Crippen LogP contribution is 2.26. The second-order valence-corrected chi connectivity index (χ2v) is 6.55. The van der Waals surface area contributed by atoms with E-state index in [2.05, 4.69) is 38.1 Å². The summed E-state index contributed by atoms with van der Waals surface area (Å²) in [6.07, 6.45) is 8.08. The van der Waals surface area contributed by atoms with Crippen LogP contribution in [0, 0.1) is 0 Å². The number of nitrogens with zero attached hydrogens (tertiary/aromatic N) is 1. The zero-order chi connectivity index (χ0) is 12.5. The summed E-state index contributed by atoms with van der Waals surface area (Å²) in [7, 11) is 0. The molecule has 0 spiro atoms. The van der Waals surface area contributed by atoms with Crippen molar-refractivity contribution in [2.45, 2.75) is 32.2 Å². The van der Waals surface area contributed by atoms with Crippen molar-refractivity contribution in [3.05, 3.63) is 44.3 Å². The van der Waals surface area contributed by atoms with Crippen molar-refractivity contribution in [3.63, 3.8) is 0 Å². The molecule has 2 nitrogen and oxygen atoms in total. The normalized spacial score (nSPS) is 15.5. The summed E-state index contributed by atoms with van der Waals surface area (Å²) in [4.78, 5) is 13.3. The van der Waals surface area contributed by atoms with Crippen molar-refractivity contribution in [1.82, 2.24) is 4.57 Å². The van der Waals surface area contributed by atoms with Gasteiger partial charge in [0.25, 0.3) is 0 Å². The molecule has 1 aliphatic carbocycles. The van der Waals surface area contributed by atoms with Gasteiger partial charge in [0.15, 0.2) is 5.78 Å². The quantitative estimate of drug-likeness (QED) is 0.756. The lowest BCUT2D eigenvalue weighted by atomic mass is 10.1.